The van der Waals surface area contributed by atoms with E-state index in [4.69, 9.17) is 9.47 Å². The highest BCUT2D eigenvalue weighted by Gasteiger charge is 2.06. The van der Waals surface area contributed by atoms with Crippen molar-refractivity contribution < 1.29 is 9.47 Å². The summed E-state index contributed by atoms with van der Waals surface area (Å²) in [4.78, 5) is 2.42. The molecule has 4 heteroatoms. The SMILES string of the molecule is CCOCCN(CCOCC)CCC(C)NC. The summed E-state index contributed by atoms with van der Waals surface area (Å²) in [5.41, 5.74) is 0. The standard InChI is InChI=1S/C13H30N2O2/c1-5-16-11-9-15(10-12-17-6-2)8-7-13(3)14-4/h13-14H,5-12H2,1-4H3. The van der Waals surface area contributed by atoms with Crippen LogP contribution >= 0.6 is 0 Å². The molecule has 0 aromatic rings. The van der Waals surface area contributed by atoms with Gasteiger partial charge < -0.3 is 14.8 Å². The largest absolute Gasteiger partial charge is 0.380 e. The summed E-state index contributed by atoms with van der Waals surface area (Å²) in [5, 5.41) is 3.27. The molecular formula is C13H30N2O2. The third kappa shape index (κ3) is 10.7. The van der Waals surface area contributed by atoms with Gasteiger partial charge >= 0.3 is 0 Å². The normalized spacial score (nSPS) is 13.2. The molecule has 0 aliphatic heterocycles. The molecule has 0 aliphatic rings. The highest BCUT2D eigenvalue weighted by molar-refractivity contribution is 4.63. The van der Waals surface area contributed by atoms with E-state index >= 15 is 0 Å². The van der Waals surface area contributed by atoms with Crippen LogP contribution in [0.4, 0.5) is 0 Å². The summed E-state index contributed by atoms with van der Waals surface area (Å²) in [6, 6.07) is 0.566. The van der Waals surface area contributed by atoms with Crippen LogP contribution in [0.3, 0.4) is 0 Å². The number of hydrogen-bond donors (Lipinski definition) is 1. The van der Waals surface area contributed by atoms with Crippen LogP contribution in [0.2, 0.25) is 0 Å². The van der Waals surface area contributed by atoms with E-state index in [9.17, 15) is 0 Å². The van der Waals surface area contributed by atoms with Gasteiger partial charge in [0, 0.05) is 32.3 Å². The van der Waals surface area contributed by atoms with E-state index in [2.05, 4.69) is 17.1 Å². The second kappa shape index (κ2) is 12.3. The van der Waals surface area contributed by atoms with E-state index in [0.29, 0.717) is 6.04 Å². The van der Waals surface area contributed by atoms with Gasteiger partial charge in [0.2, 0.25) is 0 Å². The van der Waals surface area contributed by atoms with Gasteiger partial charge in [-0.15, -0.1) is 0 Å². The van der Waals surface area contributed by atoms with E-state index in [0.717, 1.165) is 52.5 Å². The fourth-order valence-electron chi connectivity index (χ4n) is 1.53. The van der Waals surface area contributed by atoms with E-state index in [1.165, 1.54) is 0 Å². The van der Waals surface area contributed by atoms with Gasteiger partial charge in [-0.2, -0.15) is 0 Å². The Kier molecular flexibility index (Phi) is 12.2. The summed E-state index contributed by atoms with van der Waals surface area (Å²) in [7, 11) is 2.01. The van der Waals surface area contributed by atoms with Gasteiger partial charge in [0.15, 0.2) is 0 Å². The monoisotopic (exact) mass is 246 g/mol. The minimum Gasteiger partial charge on any atom is -0.380 e. The van der Waals surface area contributed by atoms with Gasteiger partial charge in [0.05, 0.1) is 13.2 Å². The Bertz CT molecular complexity index is 146. The van der Waals surface area contributed by atoms with E-state index in [-0.39, 0.29) is 0 Å². The molecule has 0 aromatic heterocycles. The molecule has 1 N–H and O–H groups in total. The summed E-state index contributed by atoms with van der Waals surface area (Å²) in [5.74, 6) is 0. The average molecular weight is 246 g/mol. The molecule has 0 spiro atoms. The second-order valence-electron chi connectivity index (χ2n) is 4.21. The van der Waals surface area contributed by atoms with Crippen LogP contribution in [0.1, 0.15) is 27.2 Å². The molecule has 0 fully saturated rings. The zero-order chi connectivity index (χ0) is 12.9. The predicted octanol–water partition coefficient (Wildman–Crippen LogP) is 1.36. The van der Waals surface area contributed by atoms with Gasteiger partial charge in [-0.3, -0.25) is 4.90 Å². The van der Waals surface area contributed by atoms with Crippen molar-refractivity contribution >= 4 is 0 Å². The Hall–Kier alpha value is -0.160. The third-order valence-corrected chi connectivity index (χ3v) is 2.88. The van der Waals surface area contributed by atoms with Crippen LogP contribution < -0.4 is 5.32 Å². The first-order valence-electron chi connectivity index (χ1n) is 6.79. The topological polar surface area (TPSA) is 33.7 Å². The molecule has 1 atom stereocenters. The molecule has 0 rings (SSSR count). The molecule has 0 heterocycles. The summed E-state index contributed by atoms with van der Waals surface area (Å²) in [6.45, 7) is 12.6. The first kappa shape index (κ1) is 16.8. The summed E-state index contributed by atoms with van der Waals surface area (Å²) < 4.78 is 10.8. The molecule has 17 heavy (non-hydrogen) atoms. The lowest BCUT2D eigenvalue weighted by Crippen LogP contribution is -2.35. The quantitative estimate of drug-likeness (QED) is 0.527. The summed E-state index contributed by atoms with van der Waals surface area (Å²) in [6.07, 6.45) is 1.16. The molecule has 0 aliphatic carbocycles. The van der Waals surface area contributed by atoms with Gasteiger partial charge in [0.25, 0.3) is 0 Å². The van der Waals surface area contributed by atoms with Crippen LogP contribution in [-0.2, 0) is 9.47 Å². The molecule has 104 valence electrons. The molecule has 0 saturated heterocycles. The fraction of sp³-hybridized carbons (Fsp3) is 1.00. The van der Waals surface area contributed by atoms with Gasteiger partial charge in [0.1, 0.15) is 0 Å². The van der Waals surface area contributed by atoms with Crippen molar-refractivity contribution in [3.63, 3.8) is 0 Å². The third-order valence-electron chi connectivity index (χ3n) is 2.88. The van der Waals surface area contributed by atoms with Crippen molar-refractivity contribution in [3.05, 3.63) is 0 Å². The Morgan fingerprint density at radius 2 is 1.53 bits per heavy atom. The van der Waals surface area contributed by atoms with Crippen molar-refractivity contribution in [2.45, 2.75) is 33.2 Å². The van der Waals surface area contributed by atoms with Crippen LogP contribution in [0.25, 0.3) is 0 Å². The number of hydrogen-bond acceptors (Lipinski definition) is 4. The predicted molar refractivity (Wildman–Crippen MR) is 72.6 cm³/mol. The van der Waals surface area contributed by atoms with Crippen molar-refractivity contribution in [3.8, 4) is 0 Å². The smallest absolute Gasteiger partial charge is 0.0593 e. The number of nitrogens with one attached hydrogen (secondary N) is 1. The first-order valence-corrected chi connectivity index (χ1v) is 6.79. The van der Waals surface area contributed by atoms with E-state index in [1.807, 2.05) is 20.9 Å². The van der Waals surface area contributed by atoms with Crippen molar-refractivity contribution in [2.24, 2.45) is 0 Å². The zero-order valence-electron chi connectivity index (χ0n) is 12.0. The Morgan fingerprint density at radius 1 is 1.00 bits per heavy atom. The molecule has 0 radical (unpaired) electrons. The maximum atomic E-state index is 5.41. The van der Waals surface area contributed by atoms with Gasteiger partial charge in [-0.1, -0.05) is 0 Å². The number of nitrogens with zero attached hydrogens (tertiary/aromatic N) is 1. The highest BCUT2D eigenvalue weighted by Crippen LogP contribution is 1.96. The Labute approximate surface area is 107 Å². The zero-order valence-corrected chi connectivity index (χ0v) is 12.0. The lowest BCUT2D eigenvalue weighted by molar-refractivity contribution is 0.0813. The maximum Gasteiger partial charge on any atom is 0.0593 e. The lowest BCUT2D eigenvalue weighted by Gasteiger charge is -2.23. The maximum absolute atomic E-state index is 5.41. The lowest BCUT2D eigenvalue weighted by atomic mass is 10.2. The Morgan fingerprint density at radius 3 is 1.94 bits per heavy atom. The number of ether oxygens (including phenoxy) is 2. The minimum absolute atomic E-state index is 0.566. The molecule has 0 aromatic carbocycles. The Balaban J connectivity index is 3.75. The van der Waals surface area contributed by atoms with Crippen molar-refractivity contribution in [1.29, 1.82) is 0 Å². The molecule has 1 unspecified atom stereocenters. The van der Waals surface area contributed by atoms with Gasteiger partial charge in [-0.25, -0.2) is 0 Å². The van der Waals surface area contributed by atoms with Crippen LogP contribution in [-0.4, -0.2) is 64.1 Å². The summed E-state index contributed by atoms with van der Waals surface area (Å²) >= 11 is 0. The van der Waals surface area contributed by atoms with Crippen molar-refractivity contribution in [2.75, 3.05) is 53.1 Å². The van der Waals surface area contributed by atoms with Crippen molar-refractivity contribution in [1.82, 2.24) is 10.2 Å². The second-order valence-corrected chi connectivity index (χ2v) is 4.21. The molecule has 0 saturated carbocycles. The van der Waals surface area contributed by atoms with Gasteiger partial charge in [-0.05, 0) is 40.8 Å². The average Bonchev–Trinajstić information content (AvgIpc) is 2.35. The van der Waals surface area contributed by atoms with E-state index in [1.54, 1.807) is 0 Å². The van der Waals surface area contributed by atoms with Crippen LogP contribution in [0.5, 0.6) is 0 Å². The fourth-order valence-corrected chi connectivity index (χ4v) is 1.53. The minimum atomic E-state index is 0.566. The van der Waals surface area contributed by atoms with Crippen LogP contribution in [0, 0.1) is 0 Å². The molecule has 4 nitrogen and oxygen atoms in total. The van der Waals surface area contributed by atoms with E-state index < -0.39 is 0 Å². The molecule has 0 amide bonds. The highest BCUT2D eigenvalue weighted by atomic mass is 16.5. The number of rotatable bonds is 12. The first-order chi connectivity index (χ1) is 8.24. The molecule has 0 bridgehead atoms. The molecular weight excluding hydrogens is 216 g/mol. The van der Waals surface area contributed by atoms with Crippen LogP contribution in [0.15, 0.2) is 0 Å².